The Labute approximate surface area is 108 Å². The normalized spacial score (nSPS) is 10.2. The van der Waals surface area contributed by atoms with Gasteiger partial charge < -0.3 is 15.6 Å². The molecule has 0 aliphatic heterocycles. The Morgan fingerprint density at radius 2 is 1.82 bits per heavy atom. The zero-order chi connectivity index (χ0) is 12.3. The van der Waals surface area contributed by atoms with E-state index in [4.69, 9.17) is 15.6 Å². The summed E-state index contributed by atoms with van der Waals surface area (Å²) in [5.74, 6) is 1.29. The molecule has 0 amide bonds. The van der Waals surface area contributed by atoms with Crippen molar-refractivity contribution in [3.63, 3.8) is 0 Å². The summed E-state index contributed by atoms with van der Waals surface area (Å²) in [5, 5.41) is 8.93. The summed E-state index contributed by atoms with van der Waals surface area (Å²) in [7, 11) is 0. The van der Waals surface area contributed by atoms with Crippen molar-refractivity contribution in [2.45, 2.75) is 6.61 Å². The zero-order valence-electron chi connectivity index (χ0n) is 9.06. The quantitative estimate of drug-likeness (QED) is 0.854. The molecule has 0 bridgehead atoms. The van der Waals surface area contributed by atoms with Crippen LogP contribution >= 0.6 is 15.9 Å². The van der Waals surface area contributed by atoms with Gasteiger partial charge in [-0.3, -0.25) is 0 Å². The highest BCUT2D eigenvalue weighted by molar-refractivity contribution is 9.10. The molecule has 0 saturated carbocycles. The third kappa shape index (κ3) is 2.99. The second-order valence-electron chi connectivity index (χ2n) is 3.59. The fourth-order valence-corrected chi connectivity index (χ4v) is 1.73. The van der Waals surface area contributed by atoms with E-state index < -0.39 is 0 Å². The van der Waals surface area contributed by atoms with Crippen LogP contribution in [0.15, 0.2) is 46.9 Å². The topological polar surface area (TPSA) is 55.5 Å². The smallest absolute Gasteiger partial charge is 0.151 e. The Kier molecular flexibility index (Phi) is 3.66. The van der Waals surface area contributed by atoms with Gasteiger partial charge in [-0.25, -0.2) is 0 Å². The van der Waals surface area contributed by atoms with Crippen LogP contribution < -0.4 is 10.5 Å². The largest absolute Gasteiger partial charge is 0.455 e. The second kappa shape index (κ2) is 5.21. The van der Waals surface area contributed by atoms with E-state index >= 15 is 0 Å². The van der Waals surface area contributed by atoms with Gasteiger partial charge in [0.1, 0.15) is 5.75 Å². The van der Waals surface area contributed by atoms with Crippen molar-refractivity contribution in [1.29, 1.82) is 0 Å². The molecule has 2 aromatic carbocycles. The molecule has 0 aliphatic carbocycles. The van der Waals surface area contributed by atoms with Gasteiger partial charge in [0, 0.05) is 4.47 Å². The van der Waals surface area contributed by atoms with Crippen LogP contribution in [0.5, 0.6) is 11.5 Å². The summed E-state index contributed by atoms with van der Waals surface area (Å²) >= 11 is 3.36. The minimum Gasteiger partial charge on any atom is -0.455 e. The van der Waals surface area contributed by atoms with Crippen molar-refractivity contribution in [2.75, 3.05) is 5.73 Å². The van der Waals surface area contributed by atoms with Gasteiger partial charge in [0.2, 0.25) is 0 Å². The van der Waals surface area contributed by atoms with Crippen LogP contribution in [0.4, 0.5) is 5.69 Å². The Balaban J connectivity index is 2.22. The first-order valence-electron chi connectivity index (χ1n) is 5.12. The van der Waals surface area contributed by atoms with Gasteiger partial charge in [0.05, 0.1) is 12.3 Å². The van der Waals surface area contributed by atoms with Crippen LogP contribution in [0.1, 0.15) is 5.56 Å². The van der Waals surface area contributed by atoms with Crippen LogP contribution in [0.2, 0.25) is 0 Å². The summed E-state index contributed by atoms with van der Waals surface area (Å²) in [6, 6.07) is 12.7. The van der Waals surface area contributed by atoms with Crippen LogP contribution in [-0.2, 0) is 6.61 Å². The molecule has 0 radical (unpaired) electrons. The number of aliphatic hydroxyl groups is 1. The third-order valence-electron chi connectivity index (χ3n) is 2.31. The van der Waals surface area contributed by atoms with Gasteiger partial charge in [-0.05, 0) is 35.9 Å². The van der Waals surface area contributed by atoms with Crippen LogP contribution in [-0.4, -0.2) is 5.11 Å². The lowest BCUT2D eigenvalue weighted by Gasteiger charge is -2.09. The van der Waals surface area contributed by atoms with Crippen molar-refractivity contribution >= 4 is 21.6 Å². The summed E-state index contributed by atoms with van der Waals surface area (Å²) in [5.41, 5.74) is 7.24. The molecule has 2 rings (SSSR count). The maximum absolute atomic E-state index is 8.93. The number of nitrogens with two attached hydrogens (primary N) is 1. The van der Waals surface area contributed by atoms with E-state index in [9.17, 15) is 0 Å². The fraction of sp³-hybridized carbons (Fsp3) is 0.0769. The van der Waals surface area contributed by atoms with Crippen molar-refractivity contribution in [2.24, 2.45) is 0 Å². The standard InChI is InChI=1S/C13H12BrNO2/c14-10-3-6-12(15)13(7-10)17-11-4-1-9(8-16)2-5-11/h1-7,16H,8,15H2. The molecule has 4 heteroatoms. The molecule has 0 atom stereocenters. The van der Waals surface area contributed by atoms with E-state index in [1.54, 1.807) is 18.2 Å². The summed E-state index contributed by atoms with van der Waals surface area (Å²) < 4.78 is 6.56. The molecular formula is C13H12BrNO2. The number of benzene rings is 2. The lowest BCUT2D eigenvalue weighted by Crippen LogP contribution is -1.92. The maximum atomic E-state index is 8.93. The molecule has 0 spiro atoms. The monoisotopic (exact) mass is 293 g/mol. The fourth-order valence-electron chi connectivity index (χ4n) is 1.39. The molecule has 88 valence electrons. The molecule has 2 aromatic rings. The van der Waals surface area contributed by atoms with E-state index in [1.165, 1.54) is 0 Å². The number of rotatable bonds is 3. The van der Waals surface area contributed by atoms with E-state index in [0.717, 1.165) is 10.0 Å². The van der Waals surface area contributed by atoms with Crippen LogP contribution in [0.3, 0.4) is 0 Å². The highest BCUT2D eigenvalue weighted by atomic mass is 79.9. The number of hydrogen-bond acceptors (Lipinski definition) is 3. The molecule has 3 N–H and O–H groups in total. The molecule has 0 saturated heterocycles. The Bertz CT molecular complexity index is 511. The lowest BCUT2D eigenvalue weighted by atomic mass is 10.2. The first-order chi connectivity index (χ1) is 8.19. The predicted octanol–water partition coefficient (Wildman–Crippen LogP) is 3.32. The zero-order valence-corrected chi connectivity index (χ0v) is 10.6. The summed E-state index contributed by atoms with van der Waals surface area (Å²) in [6.07, 6.45) is 0. The minimum absolute atomic E-state index is 0.0271. The first-order valence-corrected chi connectivity index (χ1v) is 5.91. The molecule has 3 nitrogen and oxygen atoms in total. The Morgan fingerprint density at radius 3 is 2.47 bits per heavy atom. The van der Waals surface area contributed by atoms with Gasteiger partial charge >= 0.3 is 0 Å². The van der Waals surface area contributed by atoms with Gasteiger partial charge in [-0.1, -0.05) is 28.1 Å². The van der Waals surface area contributed by atoms with E-state index in [2.05, 4.69) is 15.9 Å². The predicted molar refractivity (Wildman–Crippen MR) is 71.0 cm³/mol. The molecule has 0 aromatic heterocycles. The third-order valence-corrected chi connectivity index (χ3v) is 2.80. The molecule has 0 heterocycles. The Hall–Kier alpha value is -1.52. The highest BCUT2D eigenvalue weighted by Crippen LogP contribution is 2.30. The lowest BCUT2D eigenvalue weighted by molar-refractivity contribution is 0.281. The number of hydrogen-bond donors (Lipinski definition) is 2. The minimum atomic E-state index is 0.0271. The van der Waals surface area contributed by atoms with Crippen LogP contribution in [0.25, 0.3) is 0 Å². The molecular weight excluding hydrogens is 282 g/mol. The molecule has 0 fully saturated rings. The van der Waals surface area contributed by atoms with Crippen molar-refractivity contribution in [1.82, 2.24) is 0 Å². The first kappa shape index (κ1) is 12.0. The second-order valence-corrected chi connectivity index (χ2v) is 4.50. The van der Waals surface area contributed by atoms with Gasteiger partial charge in [-0.2, -0.15) is 0 Å². The average molecular weight is 294 g/mol. The van der Waals surface area contributed by atoms with E-state index in [-0.39, 0.29) is 6.61 Å². The number of aliphatic hydroxyl groups excluding tert-OH is 1. The molecule has 17 heavy (non-hydrogen) atoms. The number of nitrogen functional groups attached to an aromatic ring is 1. The summed E-state index contributed by atoms with van der Waals surface area (Å²) in [6.45, 7) is 0.0271. The number of halogens is 1. The van der Waals surface area contributed by atoms with Crippen LogP contribution in [0, 0.1) is 0 Å². The molecule has 0 unspecified atom stereocenters. The van der Waals surface area contributed by atoms with Gasteiger partial charge in [-0.15, -0.1) is 0 Å². The van der Waals surface area contributed by atoms with Gasteiger partial charge in [0.15, 0.2) is 5.75 Å². The van der Waals surface area contributed by atoms with E-state index in [0.29, 0.717) is 17.2 Å². The highest BCUT2D eigenvalue weighted by Gasteiger charge is 2.03. The van der Waals surface area contributed by atoms with Crippen molar-refractivity contribution in [3.05, 3.63) is 52.5 Å². The Morgan fingerprint density at radius 1 is 1.12 bits per heavy atom. The average Bonchev–Trinajstić information content (AvgIpc) is 2.35. The molecule has 0 aliphatic rings. The van der Waals surface area contributed by atoms with E-state index in [1.807, 2.05) is 24.3 Å². The van der Waals surface area contributed by atoms with Crippen molar-refractivity contribution < 1.29 is 9.84 Å². The number of ether oxygens (including phenoxy) is 1. The maximum Gasteiger partial charge on any atom is 0.151 e. The summed E-state index contributed by atoms with van der Waals surface area (Å²) in [4.78, 5) is 0. The number of anilines is 1. The SMILES string of the molecule is Nc1ccc(Br)cc1Oc1ccc(CO)cc1. The van der Waals surface area contributed by atoms with Crippen molar-refractivity contribution in [3.8, 4) is 11.5 Å². The van der Waals surface area contributed by atoms with Gasteiger partial charge in [0.25, 0.3) is 0 Å².